The smallest absolute Gasteiger partial charge is 0.266 e. The molecule has 0 spiro atoms. The normalized spacial score (nSPS) is 19.7. The van der Waals surface area contributed by atoms with Crippen LogP contribution in [0.25, 0.3) is 0 Å². The molecule has 1 atom stereocenters. The van der Waals surface area contributed by atoms with Gasteiger partial charge in [0.25, 0.3) is 5.91 Å². The number of nitrogens with zero attached hydrogens (tertiary/aromatic N) is 4. The molecule has 2 aliphatic rings. The van der Waals surface area contributed by atoms with E-state index in [4.69, 9.17) is 4.74 Å². The van der Waals surface area contributed by atoms with Crippen molar-refractivity contribution in [2.24, 2.45) is 0 Å². The third-order valence-corrected chi connectivity index (χ3v) is 6.15. The molecule has 29 heavy (non-hydrogen) atoms. The largest absolute Gasteiger partial charge is 0.478 e. The summed E-state index contributed by atoms with van der Waals surface area (Å²) in [5, 5.41) is 12.3. The number of carbonyl (C=O) groups is 1. The minimum absolute atomic E-state index is 0.0117. The zero-order valence-corrected chi connectivity index (χ0v) is 17.9. The van der Waals surface area contributed by atoms with E-state index in [0.29, 0.717) is 19.5 Å². The molecule has 0 bridgehead atoms. The van der Waals surface area contributed by atoms with Crippen molar-refractivity contribution >= 4 is 5.91 Å². The zero-order valence-electron chi connectivity index (χ0n) is 17.9. The van der Waals surface area contributed by atoms with Gasteiger partial charge in [0, 0.05) is 26.1 Å². The van der Waals surface area contributed by atoms with Crippen molar-refractivity contribution in [2.75, 3.05) is 19.6 Å². The Balaban J connectivity index is 1.47. The van der Waals surface area contributed by atoms with Gasteiger partial charge in [-0.25, -0.2) is 0 Å². The molecule has 2 aromatic rings. The van der Waals surface area contributed by atoms with Crippen molar-refractivity contribution in [2.45, 2.75) is 65.1 Å². The van der Waals surface area contributed by atoms with Gasteiger partial charge in [-0.2, -0.15) is 0 Å². The van der Waals surface area contributed by atoms with Gasteiger partial charge in [-0.15, -0.1) is 10.2 Å². The van der Waals surface area contributed by atoms with Gasteiger partial charge in [-0.3, -0.25) is 4.79 Å². The highest BCUT2D eigenvalue weighted by molar-refractivity contribution is 5.85. The second-order valence-corrected chi connectivity index (χ2v) is 8.63. The van der Waals surface area contributed by atoms with Gasteiger partial charge >= 0.3 is 0 Å². The van der Waals surface area contributed by atoms with Crippen LogP contribution in [-0.2, 0) is 17.8 Å². The van der Waals surface area contributed by atoms with Crippen molar-refractivity contribution in [3.63, 3.8) is 0 Å². The van der Waals surface area contributed by atoms with Crippen molar-refractivity contribution in [1.82, 2.24) is 25.0 Å². The lowest BCUT2D eigenvalue weighted by atomic mass is 10.1. The molecule has 2 aliphatic heterocycles. The molecule has 0 aliphatic carbocycles. The van der Waals surface area contributed by atoms with Crippen LogP contribution in [0.1, 0.15) is 55.5 Å². The number of hydrogen-bond donors (Lipinski definition) is 1. The molecule has 3 heterocycles. The second-order valence-electron chi connectivity index (χ2n) is 8.63. The predicted octanol–water partition coefficient (Wildman–Crippen LogP) is 2.56. The fraction of sp³-hybridized carbons (Fsp3) is 0.591. The molecule has 156 valence electrons. The van der Waals surface area contributed by atoms with Gasteiger partial charge in [-0.1, -0.05) is 12.1 Å². The number of hydrogen-bond acceptors (Lipinski definition) is 5. The van der Waals surface area contributed by atoms with E-state index in [-0.39, 0.29) is 11.9 Å². The summed E-state index contributed by atoms with van der Waals surface area (Å²) in [7, 11) is 0. The lowest BCUT2D eigenvalue weighted by molar-refractivity contribution is -0.145. The second kappa shape index (κ2) is 7.78. The van der Waals surface area contributed by atoms with Crippen LogP contribution in [0.2, 0.25) is 0 Å². The first-order valence-electron chi connectivity index (χ1n) is 10.6. The lowest BCUT2D eigenvalue weighted by Crippen LogP contribution is -2.50. The maximum Gasteiger partial charge on any atom is 0.266 e. The van der Waals surface area contributed by atoms with Crippen LogP contribution < -0.4 is 10.1 Å². The van der Waals surface area contributed by atoms with E-state index in [1.807, 2.05) is 37.8 Å². The van der Waals surface area contributed by atoms with E-state index in [9.17, 15) is 4.79 Å². The van der Waals surface area contributed by atoms with E-state index in [1.165, 1.54) is 6.42 Å². The number of amides is 1. The Morgan fingerprint density at radius 2 is 2.03 bits per heavy atom. The summed E-state index contributed by atoms with van der Waals surface area (Å²) in [6.07, 6.45) is 2.98. The maximum absolute atomic E-state index is 13.3. The lowest BCUT2D eigenvalue weighted by Gasteiger charge is -2.32. The molecular formula is C22H31N5O2. The summed E-state index contributed by atoms with van der Waals surface area (Å²) in [6.45, 7) is 10.8. The van der Waals surface area contributed by atoms with Crippen molar-refractivity contribution in [3.05, 3.63) is 41.0 Å². The number of ether oxygens (including phenoxy) is 1. The summed E-state index contributed by atoms with van der Waals surface area (Å²) in [5.41, 5.74) is 1.30. The van der Waals surface area contributed by atoms with E-state index in [2.05, 4.69) is 33.1 Å². The number of nitrogens with one attached hydrogen (secondary N) is 1. The molecule has 1 N–H and O–H groups in total. The van der Waals surface area contributed by atoms with Gasteiger partial charge in [0.05, 0.1) is 6.04 Å². The Bertz CT molecular complexity index is 899. The third kappa shape index (κ3) is 3.88. The number of benzene rings is 1. The van der Waals surface area contributed by atoms with Gasteiger partial charge < -0.3 is 19.5 Å². The average Bonchev–Trinajstić information content (AvgIpc) is 3.30. The highest BCUT2D eigenvalue weighted by Crippen LogP contribution is 2.27. The molecule has 1 saturated heterocycles. The van der Waals surface area contributed by atoms with Gasteiger partial charge in [0.15, 0.2) is 5.60 Å². The first-order chi connectivity index (χ1) is 13.9. The molecule has 7 nitrogen and oxygen atoms in total. The van der Waals surface area contributed by atoms with Crippen LogP contribution >= 0.6 is 0 Å². The molecule has 1 aromatic carbocycles. The number of aryl methyl sites for hydroxylation is 1. The fourth-order valence-corrected chi connectivity index (χ4v) is 4.25. The molecule has 0 saturated carbocycles. The molecule has 1 aromatic heterocycles. The van der Waals surface area contributed by atoms with Crippen LogP contribution in [0.4, 0.5) is 0 Å². The molecule has 7 heteroatoms. The SMILES string of the molecule is Cc1cccc(OC(C)(C)C(=O)N2CCc3nnc([C@@H]4CCCN4)n3CC2)c1C. The Labute approximate surface area is 172 Å². The quantitative estimate of drug-likeness (QED) is 0.858. The highest BCUT2D eigenvalue weighted by Gasteiger charge is 2.36. The Kier molecular flexibility index (Phi) is 5.34. The first-order valence-corrected chi connectivity index (χ1v) is 10.6. The monoisotopic (exact) mass is 397 g/mol. The van der Waals surface area contributed by atoms with E-state index in [1.54, 1.807) is 0 Å². The maximum atomic E-state index is 13.3. The topological polar surface area (TPSA) is 72.3 Å². The van der Waals surface area contributed by atoms with E-state index in [0.717, 1.165) is 48.0 Å². The Morgan fingerprint density at radius 3 is 2.79 bits per heavy atom. The third-order valence-electron chi connectivity index (χ3n) is 6.15. The minimum atomic E-state index is -0.931. The predicted molar refractivity (Wildman–Crippen MR) is 111 cm³/mol. The van der Waals surface area contributed by atoms with Crippen LogP contribution in [0.15, 0.2) is 18.2 Å². The molecule has 0 radical (unpaired) electrons. The van der Waals surface area contributed by atoms with Gasteiger partial charge in [0.1, 0.15) is 17.4 Å². The molecule has 0 unspecified atom stereocenters. The minimum Gasteiger partial charge on any atom is -0.478 e. The fourth-order valence-electron chi connectivity index (χ4n) is 4.25. The highest BCUT2D eigenvalue weighted by atomic mass is 16.5. The first kappa shape index (κ1) is 19.9. The van der Waals surface area contributed by atoms with Gasteiger partial charge in [0.2, 0.25) is 0 Å². The molecular weight excluding hydrogens is 366 g/mol. The van der Waals surface area contributed by atoms with E-state index < -0.39 is 5.60 Å². The number of rotatable bonds is 4. The Morgan fingerprint density at radius 1 is 1.21 bits per heavy atom. The summed E-state index contributed by atoms with van der Waals surface area (Å²) < 4.78 is 8.40. The summed E-state index contributed by atoms with van der Waals surface area (Å²) >= 11 is 0. The average molecular weight is 398 g/mol. The zero-order chi connectivity index (χ0) is 20.6. The number of fused-ring (bicyclic) bond motifs is 1. The molecule has 4 rings (SSSR count). The van der Waals surface area contributed by atoms with E-state index >= 15 is 0 Å². The summed E-state index contributed by atoms with van der Waals surface area (Å²) in [6, 6.07) is 6.23. The van der Waals surface area contributed by atoms with Crippen molar-refractivity contribution < 1.29 is 9.53 Å². The molecule has 1 fully saturated rings. The standard InChI is InChI=1S/C22H31N5O2/c1-15-7-5-9-18(16(15)2)29-22(3,4)21(28)26-12-10-19-24-25-20(27(19)14-13-26)17-8-6-11-23-17/h5,7,9,17,23H,6,8,10-14H2,1-4H3/t17-/m0/s1. The van der Waals surface area contributed by atoms with Crippen LogP contribution in [0, 0.1) is 13.8 Å². The van der Waals surface area contributed by atoms with Crippen molar-refractivity contribution in [1.29, 1.82) is 0 Å². The van der Waals surface area contributed by atoms with Gasteiger partial charge in [-0.05, 0) is 64.3 Å². The van der Waals surface area contributed by atoms with Crippen LogP contribution in [-0.4, -0.2) is 50.8 Å². The Hall–Kier alpha value is -2.41. The summed E-state index contributed by atoms with van der Waals surface area (Å²) in [4.78, 5) is 15.2. The van der Waals surface area contributed by atoms with Crippen LogP contribution in [0.3, 0.4) is 0 Å². The number of carbonyl (C=O) groups excluding carboxylic acids is 1. The van der Waals surface area contributed by atoms with Crippen LogP contribution in [0.5, 0.6) is 5.75 Å². The molecule has 1 amide bonds. The van der Waals surface area contributed by atoms with Crippen molar-refractivity contribution in [3.8, 4) is 5.75 Å². The number of aromatic nitrogens is 3. The summed E-state index contributed by atoms with van der Waals surface area (Å²) in [5.74, 6) is 2.76.